The number of rotatable bonds is 4. The number of hydrogen-bond acceptors (Lipinski definition) is 4. The lowest BCUT2D eigenvalue weighted by Gasteiger charge is -2.30. The van der Waals surface area contributed by atoms with Crippen molar-refractivity contribution in [3.8, 4) is 0 Å². The Morgan fingerprint density at radius 2 is 1.68 bits per heavy atom. The maximum absolute atomic E-state index is 12.7. The topological polar surface area (TPSA) is 105 Å². The predicted octanol–water partition coefficient (Wildman–Crippen LogP) is 4.11. The van der Waals surface area contributed by atoms with Gasteiger partial charge in [-0.05, 0) is 49.1 Å². The van der Waals surface area contributed by atoms with E-state index in [9.17, 15) is 19.7 Å². The first-order valence-electron chi connectivity index (χ1n) is 9.14. The van der Waals surface area contributed by atoms with Crippen LogP contribution < -0.4 is 10.6 Å². The van der Waals surface area contributed by atoms with E-state index >= 15 is 0 Å². The largest absolute Gasteiger partial charge is 0.339 e. The molecule has 3 rings (SSSR count). The highest BCUT2D eigenvalue weighted by molar-refractivity contribution is 6.01. The van der Waals surface area contributed by atoms with Gasteiger partial charge in [-0.15, -0.1) is 0 Å². The average Bonchev–Trinajstić information content (AvgIpc) is 2.68. The fourth-order valence-corrected chi connectivity index (χ4v) is 3.08. The van der Waals surface area contributed by atoms with E-state index in [0.717, 1.165) is 25.9 Å². The lowest BCUT2D eigenvalue weighted by Crippen LogP contribution is -2.37. The molecule has 0 saturated carbocycles. The molecule has 2 N–H and O–H groups in total. The van der Waals surface area contributed by atoms with Crippen molar-refractivity contribution in [1.29, 1.82) is 0 Å². The second-order valence-electron chi connectivity index (χ2n) is 6.94. The summed E-state index contributed by atoms with van der Waals surface area (Å²) >= 11 is 0. The summed E-state index contributed by atoms with van der Waals surface area (Å²) in [7, 11) is 0. The zero-order valence-corrected chi connectivity index (χ0v) is 15.6. The number of carbonyl (C=O) groups excluding carboxylic acids is 2. The van der Waals surface area contributed by atoms with Gasteiger partial charge in [0.2, 0.25) is 0 Å². The number of nitrogens with zero attached hydrogens (tertiary/aromatic N) is 2. The lowest BCUT2D eigenvalue weighted by atomic mass is 9.98. The number of urea groups is 1. The van der Waals surface area contributed by atoms with Crippen molar-refractivity contribution < 1.29 is 14.5 Å². The van der Waals surface area contributed by atoms with Gasteiger partial charge in [0, 0.05) is 42.2 Å². The van der Waals surface area contributed by atoms with E-state index in [2.05, 4.69) is 17.6 Å². The Labute approximate surface area is 162 Å². The van der Waals surface area contributed by atoms with Crippen LogP contribution in [0, 0.1) is 16.0 Å². The van der Waals surface area contributed by atoms with Crippen LogP contribution in [-0.2, 0) is 0 Å². The Kier molecular flexibility index (Phi) is 5.88. The quantitative estimate of drug-likeness (QED) is 0.613. The third kappa shape index (κ3) is 4.85. The molecule has 8 heteroatoms. The summed E-state index contributed by atoms with van der Waals surface area (Å²) in [4.78, 5) is 36.8. The highest BCUT2D eigenvalue weighted by Crippen LogP contribution is 2.20. The molecular weight excluding hydrogens is 360 g/mol. The number of anilines is 2. The Morgan fingerprint density at radius 1 is 1.04 bits per heavy atom. The van der Waals surface area contributed by atoms with Crippen LogP contribution in [0.1, 0.15) is 30.1 Å². The number of hydrogen-bond donors (Lipinski definition) is 2. The summed E-state index contributed by atoms with van der Waals surface area (Å²) in [6.07, 6.45) is 2.00. The van der Waals surface area contributed by atoms with E-state index in [4.69, 9.17) is 0 Å². The van der Waals surface area contributed by atoms with Crippen molar-refractivity contribution in [3.63, 3.8) is 0 Å². The van der Waals surface area contributed by atoms with Crippen LogP contribution in [0.5, 0.6) is 0 Å². The second kappa shape index (κ2) is 8.51. The fourth-order valence-electron chi connectivity index (χ4n) is 3.08. The van der Waals surface area contributed by atoms with E-state index in [1.54, 1.807) is 24.3 Å². The number of nitro groups is 1. The minimum atomic E-state index is -0.505. The van der Waals surface area contributed by atoms with Gasteiger partial charge in [0.05, 0.1) is 4.92 Å². The number of nitro benzene ring substituents is 1. The van der Waals surface area contributed by atoms with Crippen molar-refractivity contribution in [3.05, 3.63) is 64.2 Å². The molecule has 1 fully saturated rings. The molecule has 1 saturated heterocycles. The Morgan fingerprint density at radius 3 is 2.32 bits per heavy atom. The van der Waals surface area contributed by atoms with Crippen LogP contribution in [0.15, 0.2) is 48.5 Å². The Bertz CT molecular complexity index is 874. The van der Waals surface area contributed by atoms with Crippen LogP contribution in [0.2, 0.25) is 0 Å². The van der Waals surface area contributed by atoms with Gasteiger partial charge in [-0.1, -0.05) is 13.0 Å². The van der Waals surface area contributed by atoms with Gasteiger partial charge in [-0.25, -0.2) is 4.79 Å². The third-order valence-corrected chi connectivity index (χ3v) is 4.77. The summed E-state index contributed by atoms with van der Waals surface area (Å²) in [5.74, 6) is 0.603. The van der Waals surface area contributed by atoms with Crippen molar-refractivity contribution in [2.45, 2.75) is 19.8 Å². The molecule has 2 aromatic rings. The van der Waals surface area contributed by atoms with Crippen LogP contribution in [0.25, 0.3) is 0 Å². The van der Waals surface area contributed by atoms with Gasteiger partial charge in [0.15, 0.2) is 0 Å². The molecule has 8 nitrogen and oxygen atoms in total. The fraction of sp³-hybridized carbons (Fsp3) is 0.300. The number of nitrogens with one attached hydrogen (secondary N) is 2. The maximum Gasteiger partial charge on any atom is 0.323 e. The van der Waals surface area contributed by atoms with Gasteiger partial charge in [0.1, 0.15) is 0 Å². The predicted molar refractivity (Wildman–Crippen MR) is 106 cm³/mol. The third-order valence-electron chi connectivity index (χ3n) is 4.77. The standard InChI is InChI=1S/C20H22N4O4/c1-14-9-11-23(12-10-14)19(25)15-3-2-4-17(13-15)22-20(26)21-16-5-7-18(8-6-16)24(27)28/h2-8,13-14H,9-12H2,1H3,(H2,21,22,26). The number of amides is 3. The minimum absolute atomic E-state index is 0.0358. The molecule has 1 heterocycles. The van der Waals surface area contributed by atoms with E-state index in [1.807, 2.05) is 4.90 Å². The highest BCUT2D eigenvalue weighted by Gasteiger charge is 2.21. The molecule has 0 spiro atoms. The van der Waals surface area contributed by atoms with Crippen molar-refractivity contribution in [1.82, 2.24) is 4.90 Å². The van der Waals surface area contributed by atoms with Crippen LogP contribution in [0.3, 0.4) is 0 Å². The summed E-state index contributed by atoms with van der Waals surface area (Å²) in [5, 5.41) is 16.0. The first-order valence-corrected chi connectivity index (χ1v) is 9.14. The van der Waals surface area contributed by atoms with Gasteiger partial charge < -0.3 is 15.5 Å². The van der Waals surface area contributed by atoms with Crippen molar-refractivity contribution >= 4 is 29.0 Å². The number of non-ortho nitro benzene ring substituents is 1. The number of benzene rings is 2. The second-order valence-corrected chi connectivity index (χ2v) is 6.94. The molecule has 3 amide bonds. The van der Waals surface area contributed by atoms with Gasteiger partial charge in [-0.3, -0.25) is 14.9 Å². The average molecular weight is 382 g/mol. The Hall–Kier alpha value is -3.42. The molecule has 0 aliphatic carbocycles. The minimum Gasteiger partial charge on any atom is -0.339 e. The first kappa shape index (κ1) is 19.3. The van der Waals surface area contributed by atoms with Gasteiger partial charge in [0.25, 0.3) is 11.6 Å². The molecule has 1 aliphatic heterocycles. The maximum atomic E-state index is 12.7. The molecular formula is C20H22N4O4. The zero-order chi connectivity index (χ0) is 20.1. The molecule has 0 unspecified atom stereocenters. The molecule has 28 heavy (non-hydrogen) atoms. The lowest BCUT2D eigenvalue weighted by molar-refractivity contribution is -0.384. The summed E-state index contributed by atoms with van der Waals surface area (Å²) in [6, 6.07) is 11.8. The molecule has 0 atom stereocenters. The van der Waals surface area contributed by atoms with Crippen molar-refractivity contribution in [2.24, 2.45) is 5.92 Å². The van der Waals surface area contributed by atoms with Crippen molar-refractivity contribution in [2.75, 3.05) is 23.7 Å². The van der Waals surface area contributed by atoms with Crippen LogP contribution in [0.4, 0.5) is 21.9 Å². The zero-order valence-electron chi connectivity index (χ0n) is 15.6. The number of piperidine rings is 1. The van der Waals surface area contributed by atoms with Crippen LogP contribution in [-0.4, -0.2) is 34.9 Å². The molecule has 0 aromatic heterocycles. The van der Waals surface area contributed by atoms with Gasteiger partial charge in [-0.2, -0.15) is 0 Å². The van der Waals surface area contributed by atoms with E-state index < -0.39 is 11.0 Å². The monoisotopic (exact) mass is 382 g/mol. The summed E-state index contributed by atoms with van der Waals surface area (Å²) < 4.78 is 0. The van der Waals surface area contributed by atoms with Crippen LogP contribution >= 0.6 is 0 Å². The number of carbonyl (C=O) groups is 2. The first-order chi connectivity index (χ1) is 13.4. The molecule has 146 valence electrons. The molecule has 2 aromatic carbocycles. The van der Waals surface area contributed by atoms with E-state index in [1.165, 1.54) is 24.3 Å². The summed E-state index contributed by atoms with van der Waals surface area (Å²) in [6.45, 7) is 3.69. The van der Waals surface area contributed by atoms with E-state index in [0.29, 0.717) is 22.9 Å². The summed E-state index contributed by atoms with van der Waals surface area (Å²) in [5.41, 5.74) is 1.40. The molecule has 0 radical (unpaired) electrons. The normalized spacial score (nSPS) is 14.4. The van der Waals surface area contributed by atoms with Gasteiger partial charge >= 0.3 is 6.03 Å². The van der Waals surface area contributed by atoms with E-state index in [-0.39, 0.29) is 11.6 Å². The Balaban J connectivity index is 1.61. The highest BCUT2D eigenvalue weighted by atomic mass is 16.6. The SMILES string of the molecule is CC1CCN(C(=O)c2cccc(NC(=O)Nc3ccc([N+](=O)[O-])cc3)c2)CC1. The smallest absolute Gasteiger partial charge is 0.323 e. The molecule has 1 aliphatic rings. The molecule has 0 bridgehead atoms. The number of likely N-dealkylation sites (tertiary alicyclic amines) is 1.